The van der Waals surface area contributed by atoms with E-state index in [-0.39, 0.29) is 12.5 Å². The summed E-state index contributed by atoms with van der Waals surface area (Å²) in [6.07, 6.45) is 1.87. The Kier molecular flexibility index (Phi) is 3.54. The number of carbonyl (C=O) groups excluding carboxylic acids is 1. The number of rotatable bonds is 3. The standard InChI is InChI=1S/C16H14ClN3O/c17-13-3-1-2-4-14(13)19-16(21)10-20-8-7-11-5-6-12(18)9-15(11)20/h1-9H,10,18H2,(H,19,21). The Hall–Kier alpha value is -2.46. The molecule has 3 rings (SSSR count). The normalized spacial score (nSPS) is 10.7. The highest BCUT2D eigenvalue weighted by Gasteiger charge is 2.08. The number of nitrogens with two attached hydrogens (primary N) is 1. The molecule has 1 heterocycles. The van der Waals surface area contributed by atoms with Gasteiger partial charge in [-0.2, -0.15) is 0 Å². The van der Waals surface area contributed by atoms with Crippen LogP contribution in [0.25, 0.3) is 10.9 Å². The van der Waals surface area contributed by atoms with Crippen LogP contribution in [0.3, 0.4) is 0 Å². The maximum absolute atomic E-state index is 12.1. The number of carbonyl (C=O) groups is 1. The molecule has 1 amide bonds. The van der Waals surface area contributed by atoms with E-state index in [0.29, 0.717) is 16.4 Å². The monoisotopic (exact) mass is 299 g/mol. The fourth-order valence-electron chi connectivity index (χ4n) is 2.25. The van der Waals surface area contributed by atoms with Crippen LogP contribution in [-0.2, 0) is 11.3 Å². The number of anilines is 2. The maximum atomic E-state index is 12.1. The molecular weight excluding hydrogens is 286 g/mol. The van der Waals surface area contributed by atoms with Crippen LogP contribution in [0, 0.1) is 0 Å². The summed E-state index contributed by atoms with van der Waals surface area (Å²) in [5, 5.41) is 4.38. The second-order valence-corrected chi connectivity index (χ2v) is 5.20. The highest BCUT2D eigenvalue weighted by atomic mass is 35.5. The van der Waals surface area contributed by atoms with Gasteiger partial charge in [0.15, 0.2) is 0 Å². The number of nitrogens with one attached hydrogen (secondary N) is 1. The summed E-state index contributed by atoms with van der Waals surface area (Å²) in [6, 6.07) is 14.8. The summed E-state index contributed by atoms with van der Waals surface area (Å²) < 4.78 is 1.86. The molecule has 0 saturated heterocycles. The van der Waals surface area contributed by atoms with Gasteiger partial charge in [-0.1, -0.05) is 29.8 Å². The van der Waals surface area contributed by atoms with Crippen LogP contribution in [0.15, 0.2) is 54.7 Å². The molecule has 3 N–H and O–H groups in total. The smallest absolute Gasteiger partial charge is 0.244 e. The number of hydrogen-bond donors (Lipinski definition) is 2. The number of amides is 1. The minimum atomic E-state index is -0.136. The van der Waals surface area contributed by atoms with Crippen molar-refractivity contribution in [1.29, 1.82) is 0 Å². The second kappa shape index (κ2) is 5.50. The van der Waals surface area contributed by atoms with E-state index >= 15 is 0 Å². The van der Waals surface area contributed by atoms with Crippen molar-refractivity contribution >= 4 is 39.8 Å². The quantitative estimate of drug-likeness (QED) is 0.727. The summed E-state index contributed by atoms with van der Waals surface area (Å²) in [5.74, 6) is -0.136. The third-order valence-corrected chi connectivity index (χ3v) is 3.59. The number of benzene rings is 2. The largest absolute Gasteiger partial charge is 0.399 e. The Balaban J connectivity index is 1.80. The van der Waals surface area contributed by atoms with Crippen molar-refractivity contribution < 1.29 is 4.79 Å². The van der Waals surface area contributed by atoms with E-state index in [2.05, 4.69) is 5.32 Å². The average Bonchev–Trinajstić information content (AvgIpc) is 2.84. The Labute approximate surface area is 127 Å². The van der Waals surface area contributed by atoms with Gasteiger partial charge in [0, 0.05) is 11.9 Å². The highest BCUT2D eigenvalue weighted by Crippen LogP contribution is 2.21. The lowest BCUT2D eigenvalue weighted by Gasteiger charge is -2.09. The first-order valence-corrected chi connectivity index (χ1v) is 6.90. The summed E-state index contributed by atoms with van der Waals surface area (Å²) in [7, 11) is 0. The molecule has 1 aromatic heterocycles. The molecule has 4 nitrogen and oxygen atoms in total. The fourth-order valence-corrected chi connectivity index (χ4v) is 2.43. The topological polar surface area (TPSA) is 60.0 Å². The molecule has 0 saturated carbocycles. The predicted octanol–water partition coefficient (Wildman–Crippen LogP) is 3.52. The minimum absolute atomic E-state index is 0.136. The predicted molar refractivity (Wildman–Crippen MR) is 86.4 cm³/mol. The van der Waals surface area contributed by atoms with Gasteiger partial charge in [-0.25, -0.2) is 0 Å². The van der Waals surface area contributed by atoms with E-state index in [0.717, 1.165) is 10.9 Å². The van der Waals surface area contributed by atoms with E-state index in [9.17, 15) is 4.79 Å². The molecule has 0 radical (unpaired) electrons. The van der Waals surface area contributed by atoms with Crippen LogP contribution in [0.2, 0.25) is 5.02 Å². The molecule has 5 heteroatoms. The Morgan fingerprint density at radius 1 is 1.19 bits per heavy atom. The Morgan fingerprint density at radius 2 is 2.00 bits per heavy atom. The third kappa shape index (κ3) is 2.85. The fraction of sp³-hybridized carbons (Fsp3) is 0.0625. The first-order chi connectivity index (χ1) is 10.1. The molecule has 0 aliphatic carbocycles. The lowest BCUT2D eigenvalue weighted by molar-refractivity contribution is -0.116. The van der Waals surface area contributed by atoms with Crippen molar-refractivity contribution in [3.63, 3.8) is 0 Å². The molecule has 0 spiro atoms. The number of para-hydroxylation sites is 1. The van der Waals surface area contributed by atoms with Gasteiger partial charge in [0.2, 0.25) is 5.91 Å². The van der Waals surface area contributed by atoms with E-state index < -0.39 is 0 Å². The Bertz CT molecular complexity index is 810. The molecule has 2 aromatic carbocycles. The third-order valence-electron chi connectivity index (χ3n) is 3.26. The summed E-state index contributed by atoms with van der Waals surface area (Å²) in [4.78, 5) is 12.1. The van der Waals surface area contributed by atoms with Gasteiger partial charge >= 0.3 is 0 Å². The molecule has 0 aliphatic heterocycles. The molecule has 0 unspecified atom stereocenters. The van der Waals surface area contributed by atoms with Crippen LogP contribution in [0.1, 0.15) is 0 Å². The Morgan fingerprint density at radius 3 is 2.81 bits per heavy atom. The molecule has 0 atom stereocenters. The van der Waals surface area contributed by atoms with E-state index in [1.807, 2.05) is 47.2 Å². The molecule has 3 aromatic rings. The van der Waals surface area contributed by atoms with E-state index in [4.69, 9.17) is 17.3 Å². The number of aromatic nitrogens is 1. The first kappa shape index (κ1) is 13.5. The number of nitrogen functional groups attached to an aromatic ring is 1. The van der Waals surface area contributed by atoms with Crippen molar-refractivity contribution in [2.75, 3.05) is 11.1 Å². The lowest BCUT2D eigenvalue weighted by Crippen LogP contribution is -2.18. The van der Waals surface area contributed by atoms with Crippen molar-refractivity contribution in [3.8, 4) is 0 Å². The van der Waals surface area contributed by atoms with Crippen LogP contribution in [-0.4, -0.2) is 10.5 Å². The summed E-state index contributed by atoms with van der Waals surface area (Å²) in [6.45, 7) is 0.207. The molecule has 21 heavy (non-hydrogen) atoms. The zero-order valence-corrected chi connectivity index (χ0v) is 12.0. The number of fused-ring (bicyclic) bond motifs is 1. The molecule has 0 bridgehead atoms. The number of nitrogens with zero attached hydrogens (tertiary/aromatic N) is 1. The van der Waals surface area contributed by atoms with Gasteiger partial charge in [-0.3, -0.25) is 4.79 Å². The van der Waals surface area contributed by atoms with Gasteiger partial charge < -0.3 is 15.6 Å². The zero-order chi connectivity index (χ0) is 14.8. The number of halogens is 1. The van der Waals surface area contributed by atoms with Crippen molar-refractivity contribution in [2.24, 2.45) is 0 Å². The second-order valence-electron chi connectivity index (χ2n) is 4.79. The first-order valence-electron chi connectivity index (χ1n) is 6.52. The van der Waals surface area contributed by atoms with Crippen molar-refractivity contribution in [2.45, 2.75) is 6.54 Å². The van der Waals surface area contributed by atoms with Crippen LogP contribution in [0.5, 0.6) is 0 Å². The molecule has 0 fully saturated rings. The zero-order valence-electron chi connectivity index (χ0n) is 11.2. The van der Waals surface area contributed by atoms with Gasteiger partial charge in [0.1, 0.15) is 6.54 Å². The van der Waals surface area contributed by atoms with Gasteiger partial charge in [0.05, 0.1) is 16.2 Å². The SMILES string of the molecule is Nc1ccc2ccn(CC(=O)Nc3ccccc3Cl)c2c1. The molecular formula is C16H14ClN3O. The van der Waals surface area contributed by atoms with E-state index in [1.54, 1.807) is 12.1 Å². The molecule has 0 aliphatic rings. The van der Waals surface area contributed by atoms with Crippen LogP contribution in [0.4, 0.5) is 11.4 Å². The average molecular weight is 300 g/mol. The van der Waals surface area contributed by atoms with Gasteiger partial charge in [0.25, 0.3) is 0 Å². The summed E-state index contributed by atoms with van der Waals surface area (Å²) >= 11 is 6.03. The number of hydrogen-bond acceptors (Lipinski definition) is 2. The van der Waals surface area contributed by atoms with Gasteiger partial charge in [-0.15, -0.1) is 0 Å². The minimum Gasteiger partial charge on any atom is -0.399 e. The van der Waals surface area contributed by atoms with Crippen LogP contribution < -0.4 is 11.1 Å². The summed E-state index contributed by atoms with van der Waals surface area (Å²) in [5.41, 5.74) is 8.02. The van der Waals surface area contributed by atoms with Crippen LogP contribution >= 0.6 is 11.6 Å². The highest BCUT2D eigenvalue weighted by molar-refractivity contribution is 6.33. The van der Waals surface area contributed by atoms with Crippen molar-refractivity contribution in [1.82, 2.24) is 4.57 Å². The molecule has 106 valence electrons. The van der Waals surface area contributed by atoms with Gasteiger partial charge in [-0.05, 0) is 35.7 Å². The maximum Gasteiger partial charge on any atom is 0.244 e. The lowest BCUT2D eigenvalue weighted by atomic mass is 10.2. The van der Waals surface area contributed by atoms with E-state index in [1.165, 1.54) is 0 Å². The van der Waals surface area contributed by atoms with Crippen molar-refractivity contribution in [3.05, 3.63) is 59.8 Å².